The Labute approximate surface area is 112 Å². The van der Waals surface area contributed by atoms with Gasteiger partial charge in [-0.1, -0.05) is 19.1 Å². The molecule has 4 heteroatoms. The molecule has 100 valence electrons. The minimum Gasteiger partial charge on any atom is -0.397 e. The van der Waals surface area contributed by atoms with E-state index in [9.17, 15) is 5.11 Å². The van der Waals surface area contributed by atoms with Gasteiger partial charge in [0.1, 0.15) is 0 Å². The highest BCUT2D eigenvalue weighted by Gasteiger charge is 2.31. The predicted molar refractivity (Wildman–Crippen MR) is 78.2 cm³/mol. The zero-order chi connectivity index (χ0) is 13.4. The molecule has 1 aromatic heterocycles. The predicted octanol–water partition coefficient (Wildman–Crippen LogP) is 2.02. The van der Waals surface area contributed by atoms with Crippen LogP contribution in [0.3, 0.4) is 0 Å². The molecule has 2 heterocycles. The summed E-state index contributed by atoms with van der Waals surface area (Å²) in [4.78, 5) is 6.65. The lowest BCUT2D eigenvalue weighted by Crippen LogP contribution is -2.35. The quantitative estimate of drug-likeness (QED) is 0.808. The Morgan fingerprint density at radius 1 is 1.42 bits per heavy atom. The van der Waals surface area contributed by atoms with Gasteiger partial charge in [0, 0.05) is 23.8 Å². The van der Waals surface area contributed by atoms with Crippen LogP contribution >= 0.6 is 0 Å². The Kier molecular flexibility index (Phi) is 3.03. The van der Waals surface area contributed by atoms with Crippen LogP contribution in [0.15, 0.2) is 30.5 Å². The van der Waals surface area contributed by atoms with Crippen molar-refractivity contribution in [2.75, 3.05) is 23.8 Å². The van der Waals surface area contributed by atoms with E-state index in [2.05, 4.69) is 16.8 Å². The maximum absolute atomic E-state index is 9.61. The maximum atomic E-state index is 9.61. The molecule has 1 aromatic carbocycles. The van der Waals surface area contributed by atoms with Crippen molar-refractivity contribution >= 4 is 22.3 Å². The molecule has 0 amide bonds. The molecule has 3 rings (SSSR count). The van der Waals surface area contributed by atoms with Crippen LogP contribution in [0, 0.1) is 5.92 Å². The van der Waals surface area contributed by atoms with E-state index in [1.54, 1.807) is 6.20 Å². The highest BCUT2D eigenvalue weighted by molar-refractivity contribution is 5.98. The SMILES string of the molecule is CC1CCN(c2ccnc3c(N)cccc23)C1CO. The summed E-state index contributed by atoms with van der Waals surface area (Å²) < 4.78 is 0. The Morgan fingerprint density at radius 3 is 3.05 bits per heavy atom. The Hall–Kier alpha value is -1.81. The number of hydrogen-bond acceptors (Lipinski definition) is 4. The maximum Gasteiger partial charge on any atom is 0.0951 e. The van der Waals surface area contributed by atoms with Crippen LogP contribution in [0.2, 0.25) is 0 Å². The highest BCUT2D eigenvalue weighted by atomic mass is 16.3. The first-order valence-electron chi connectivity index (χ1n) is 6.73. The topological polar surface area (TPSA) is 62.4 Å². The monoisotopic (exact) mass is 257 g/mol. The second-order valence-electron chi connectivity index (χ2n) is 5.28. The van der Waals surface area contributed by atoms with Crippen molar-refractivity contribution in [3.05, 3.63) is 30.5 Å². The molecule has 3 N–H and O–H groups in total. The van der Waals surface area contributed by atoms with Crippen molar-refractivity contribution in [1.29, 1.82) is 0 Å². The van der Waals surface area contributed by atoms with Gasteiger partial charge in [-0.05, 0) is 24.5 Å². The van der Waals surface area contributed by atoms with Crippen molar-refractivity contribution in [2.45, 2.75) is 19.4 Å². The number of aromatic nitrogens is 1. The number of benzene rings is 1. The first-order valence-corrected chi connectivity index (χ1v) is 6.73. The van der Waals surface area contributed by atoms with Crippen molar-refractivity contribution in [2.24, 2.45) is 5.92 Å². The van der Waals surface area contributed by atoms with E-state index in [-0.39, 0.29) is 12.6 Å². The summed E-state index contributed by atoms with van der Waals surface area (Å²) in [5, 5.41) is 10.7. The van der Waals surface area contributed by atoms with E-state index < -0.39 is 0 Å². The largest absolute Gasteiger partial charge is 0.397 e. The second kappa shape index (κ2) is 4.70. The first kappa shape index (κ1) is 12.2. The van der Waals surface area contributed by atoms with Crippen LogP contribution in [0.4, 0.5) is 11.4 Å². The third kappa shape index (κ3) is 1.92. The average molecular weight is 257 g/mol. The van der Waals surface area contributed by atoms with Crippen molar-refractivity contribution in [3.63, 3.8) is 0 Å². The molecule has 2 aromatic rings. The van der Waals surface area contributed by atoms with Crippen molar-refractivity contribution in [3.8, 4) is 0 Å². The average Bonchev–Trinajstić information content (AvgIpc) is 2.79. The van der Waals surface area contributed by atoms with E-state index in [1.807, 2.05) is 24.3 Å². The molecular weight excluding hydrogens is 238 g/mol. The van der Waals surface area contributed by atoms with Crippen LogP contribution in [0.25, 0.3) is 10.9 Å². The molecule has 1 aliphatic rings. The van der Waals surface area contributed by atoms with E-state index in [4.69, 9.17) is 5.73 Å². The summed E-state index contributed by atoms with van der Waals surface area (Å²) in [6.07, 6.45) is 2.91. The van der Waals surface area contributed by atoms with Crippen LogP contribution < -0.4 is 10.6 Å². The third-order valence-electron chi connectivity index (χ3n) is 4.16. The van der Waals surface area contributed by atoms with Crippen LogP contribution in [-0.2, 0) is 0 Å². The normalized spacial score (nSPS) is 23.2. The van der Waals surface area contributed by atoms with Gasteiger partial charge in [-0.2, -0.15) is 0 Å². The first-order chi connectivity index (χ1) is 9.22. The van der Waals surface area contributed by atoms with E-state index in [0.717, 1.165) is 29.6 Å². The highest BCUT2D eigenvalue weighted by Crippen LogP contribution is 2.34. The molecule has 2 unspecified atom stereocenters. The number of aliphatic hydroxyl groups is 1. The van der Waals surface area contributed by atoms with Gasteiger partial charge in [-0.25, -0.2) is 0 Å². The number of nitrogens with two attached hydrogens (primary N) is 1. The van der Waals surface area contributed by atoms with Crippen LogP contribution in [0.5, 0.6) is 0 Å². The summed E-state index contributed by atoms with van der Waals surface area (Å²) in [5.41, 5.74) is 8.66. The summed E-state index contributed by atoms with van der Waals surface area (Å²) in [5.74, 6) is 0.509. The molecule has 1 saturated heterocycles. The fourth-order valence-corrected chi connectivity index (χ4v) is 3.02. The summed E-state index contributed by atoms with van der Waals surface area (Å²) in [6.45, 7) is 3.35. The fourth-order valence-electron chi connectivity index (χ4n) is 3.02. The van der Waals surface area contributed by atoms with E-state index in [1.165, 1.54) is 0 Å². The van der Waals surface area contributed by atoms with Gasteiger partial charge in [0.05, 0.1) is 23.9 Å². The molecule has 4 nitrogen and oxygen atoms in total. The number of rotatable bonds is 2. The van der Waals surface area contributed by atoms with Gasteiger partial charge < -0.3 is 15.7 Å². The second-order valence-corrected chi connectivity index (χ2v) is 5.28. The molecule has 19 heavy (non-hydrogen) atoms. The summed E-state index contributed by atoms with van der Waals surface area (Å²) >= 11 is 0. The zero-order valence-corrected chi connectivity index (χ0v) is 11.1. The summed E-state index contributed by atoms with van der Waals surface area (Å²) in [6, 6.07) is 8.08. The minimum absolute atomic E-state index is 0.187. The van der Waals surface area contributed by atoms with Gasteiger partial charge >= 0.3 is 0 Å². The standard InChI is InChI=1S/C15H19N3O/c1-10-6-8-18(14(10)9-19)13-5-7-17-15-11(13)3-2-4-12(15)16/h2-5,7,10,14,19H,6,8-9,16H2,1H3. The molecule has 0 spiro atoms. The molecule has 0 aliphatic carbocycles. The van der Waals surface area contributed by atoms with Crippen molar-refractivity contribution in [1.82, 2.24) is 4.98 Å². The molecule has 2 atom stereocenters. The summed E-state index contributed by atoms with van der Waals surface area (Å²) in [7, 11) is 0. The fraction of sp³-hybridized carbons (Fsp3) is 0.400. The van der Waals surface area contributed by atoms with Crippen LogP contribution in [0.1, 0.15) is 13.3 Å². The number of anilines is 2. The van der Waals surface area contributed by atoms with Gasteiger partial charge in [0.15, 0.2) is 0 Å². The number of para-hydroxylation sites is 1. The Balaban J connectivity index is 2.13. The number of nitrogen functional groups attached to an aromatic ring is 1. The molecule has 1 fully saturated rings. The number of fused-ring (bicyclic) bond motifs is 1. The van der Waals surface area contributed by atoms with E-state index >= 15 is 0 Å². The molecular formula is C15H19N3O. The Morgan fingerprint density at radius 2 is 2.26 bits per heavy atom. The third-order valence-corrected chi connectivity index (χ3v) is 4.16. The zero-order valence-electron chi connectivity index (χ0n) is 11.1. The lowest BCUT2D eigenvalue weighted by Gasteiger charge is -2.28. The van der Waals surface area contributed by atoms with Crippen LogP contribution in [-0.4, -0.2) is 29.3 Å². The van der Waals surface area contributed by atoms with Gasteiger partial charge in [0.2, 0.25) is 0 Å². The van der Waals surface area contributed by atoms with E-state index in [0.29, 0.717) is 11.6 Å². The van der Waals surface area contributed by atoms with Crippen molar-refractivity contribution < 1.29 is 5.11 Å². The molecule has 1 aliphatic heterocycles. The molecule has 0 bridgehead atoms. The van der Waals surface area contributed by atoms with Gasteiger partial charge in [0.25, 0.3) is 0 Å². The van der Waals surface area contributed by atoms with Gasteiger partial charge in [-0.3, -0.25) is 4.98 Å². The molecule has 0 saturated carbocycles. The minimum atomic E-state index is 0.187. The smallest absolute Gasteiger partial charge is 0.0951 e. The Bertz CT molecular complexity index is 599. The number of nitrogens with zero attached hydrogens (tertiary/aromatic N) is 2. The molecule has 0 radical (unpaired) electrons. The number of aliphatic hydroxyl groups excluding tert-OH is 1. The van der Waals surface area contributed by atoms with Gasteiger partial charge in [-0.15, -0.1) is 0 Å². The lowest BCUT2D eigenvalue weighted by atomic mass is 10.0. The lowest BCUT2D eigenvalue weighted by molar-refractivity contribution is 0.245. The number of hydrogen-bond donors (Lipinski definition) is 2. The number of pyridine rings is 1.